The van der Waals surface area contributed by atoms with E-state index in [1.807, 2.05) is 18.2 Å². The van der Waals surface area contributed by atoms with Crippen LogP contribution in [0.15, 0.2) is 35.3 Å². The number of nitrogens with one attached hydrogen (secondary N) is 1. The van der Waals surface area contributed by atoms with Gasteiger partial charge < -0.3 is 20.5 Å². The van der Waals surface area contributed by atoms with Crippen LogP contribution in [0, 0.1) is 5.92 Å². The van der Waals surface area contributed by atoms with E-state index in [0.717, 1.165) is 43.0 Å². The van der Waals surface area contributed by atoms with Crippen molar-refractivity contribution >= 4 is 35.6 Å². The SMILES string of the molecule is I.NC(=NCC1CC=CCC1)Nc1ccc2c(c1)OCCCO2. The Kier molecular flexibility index (Phi) is 7.01. The second-order valence-electron chi connectivity index (χ2n) is 5.71. The van der Waals surface area contributed by atoms with Crippen molar-refractivity contribution in [3.05, 3.63) is 30.4 Å². The first kappa shape index (κ1) is 17.9. The summed E-state index contributed by atoms with van der Waals surface area (Å²) in [4.78, 5) is 4.45. The third kappa shape index (κ3) is 5.30. The molecule has 1 aliphatic carbocycles. The molecule has 0 aromatic heterocycles. The van der Waals surface area contributed by atoms with Crippen molar-refractivity contribution in [2.24, 2.45) is 16.6 Å². The lowest BCUT2D eigenvalue weighted by molar-refractivity contribution is 0.297. The Hall–Kier alpha value is -1.44. The molecule has 1 aromatic rings. The molecular weight excluding hydrogens is 405 g/mol. The quantitative estimate of drug-likeness (QED) is 0.334. The average Bonchev–Trinajstić information content (AvgIpc) is 2.79. The summed E-state index contributed by atoms with van der Waals surface area (Å²) in [5.41, 5.74) is 6.85. The second-order valence-corrected chi connectivity index (χ2v) is 5.71. The van der Waals surface area contributed by atoms with E-state index < -0.39 is 0 Å². The van der Waals surface area contributed by atoms with Crippen molar-refractivity contribution < 1.29 is 9.47 Å². The van der Waals surface area contributed by atoms with Crippen LogP contribution >= 0.6 is 24.0 Å². The Labute approximate surface area is 154 Å². The van der Waals surface area contributed by atoms with Crippen LogP contribution in [0.5, 0.6) is 11.5 Å². The van der Waals surface area contributed by atoms with Crippen molar-refractivity contribution in [1.29, 1.82) is 0 Å². The van der Waals surface area contributed by atoms with Gasteiger partial charge in [-0.2, -0.15) is 0 Å². The fourth-order valence-corrected chi connectivity index (χ4v) is 2.68. The number of hydrogen-bond acceptors (Lipinski definition) is 3. The van der Waals surface area contributed by atoms with Gasteiger partial charge in [-0.3, -0.25) is 4.99 Å². The van der Waals surface area contributed by atoms with Gasteiger partial charge in [-0.25, -0.2) is 0 Å². The predicted molar refractivity (Wildman–Crippen MR) is 104 cm³/mol. The van der Waals surface area contributed by atoms with Crippen LogP contribution in [-0.4, -0.2) is 25.7 Å². The van der Waals surface area contributed by atoms with Crippen LogP contribution in [0.4, 0.5) is 5.69 Å². The Morgan fingerprint density at radius 1 is 1.22 bits per heavy atom. The smallest absolute Gasteiger partial charge is 0.193 e. The zero-order valence-electron chi connectivity index (χ0n) is 13.2. The van der Waals surface area contributed by atoms with Crippen LogP contribution in [0.3, 0.4) is 0 Å². The number of allylic oxidation sites excluding steroid dienone is 2. The third-order valence-electron chi connectivity index (χ3n) is 3.92. The standard InChI is InChI=1S/C17H23N3O2.HI/c18-17(19-12-13-5-2-1-3-6-13)20-14-7-8-15-16(11-14)22-10-4-9-21-15;/h1-2,7-8,11,13H,3-6,9-10,12H2,(H3,18,19,20);1H. The maximum absolute atomic E-state index is 5.98. The van der Waals surface area contributed by atoms with Gasteiger partial charge in [0.25, 0.3) is 0 Å². The fourth-order valence-electron chi connectivity index (χ4n) is 2.68. The zero-order valence-corrected chi connectivity index (χ0v) is 15.5. The van der Waals surface area contributed by atoms with Gasteiger partial charge in [0.15, 0.2) is 17.5 Å². The van der Waals surface area contributed by atoms with E-state index in [9.17, 15) is 0 Å². The first-order valence-electron chi connectivity index (χ1n) is 7.93. The summed E-state index contributed by atoms with van der Waals surface area (Å²) >= 11 is 0. The van der Waals surface area contributed by atoms with Gasteiger partial charge in [-0.15, -0.1) is 24.0 Å². The predicted octanol–water partition coefficient (Wildman–Crippen LogP) is 3.55. The Bertz CT molecular complexity index is 575. The number of ether oxygens (including phenoxy) is 2. The molecule has 0 spiro atoms. The number of nitrogens with two attached hydrogens (primary N) is 1. The van der Waals surface area contributed by atoms with E-state index >= 15 is 0 Å². The van der Waals surface area contributed by atoms with Crippen LogP contribution in [0.25, 0.3) is 0 Å². The number of rotatable bonds is 3. The number of halogens is 1. The number of fused-ring (bicyclic) bond motifs is 1. The zero-order chi connectivity index (χ0) is 15.2. The van der Waals surface area contributed by atoms with E-state index in [0.29, 0.717) is 25.1 Å². The Morgan fingerprint density at radius 2 is 2.04 bits per heavy atom. The number of benzene rings is 1. The van der Waals surface area contributed by atoms with E-state index in [4.69, 9.17) is 15.2 Å². The van der Waals surface area contributed by atoms with Crippen molar-refractivity contribution in [3.8, 4) is 11.5 Å². The average molecular weight is 429 g/mol. The molecule has 1 atom stereocenters. The lowest BCUT2D eigenvalue weighted by atomic mass is 9.95. The molecule has 0 saturated heterocycles. The summed E-state index contributed by atoms with van der Waals surface area (Å²) in [6, 6.07) is 5.74. The minimum Gasteiger partial charge on any atom is -0.490 e. The van der Waals surface area contributed by atoms with Gasteiger partial charge >= 0.3 is 0 Å². The van der Waals surface area contributed by atoms with E-state index in [-0.39, 0.29) is 24.0 Å². The number of aliphatic imine (C=N–C) groups is 1. The minimum atomic E-state index is 0. The van der Waals surface area contributed by atoms with Crippen LogP contribution in [0.2, 0.25) is 0 Å². The number of anilines is 1. The van der Waals surface area contributed by atoms with Crippen molar-refractivity contribution in [2.45, 2.75) is 25.7 Å². The number of guanidine groups is 1. The van der Waals surface area contributed by atoms with E-state index in [1.54, 1.807) is 0 Å². The first-order valence-corrected chi connectivity index (χ1v) is 7.93. The van der Waals surface area contributed by atoms with Crippen LogP contribution in [-0.2, 0) is 0 Å². The van der Waals surface area contributed by atoms with Gasteiger partial charge in [0.1, 0.15) is 0 Å². The van der Waals surface area contributed by atoms with E-state index in [1.165, 1.54) is 6.42 Å². The molecule has 1 unspecified atom stereocenters. The molecule has 1 aromatic carbocycles. The lowest BCUT2D eigenvalue weighted by Gasteiger charge is -2.15. The molecule has 23 heavy (non-hydrogen) atoms. The van der Waals surface area contributed by atoms with Gasteiger partial charge in [-0.1, -0.05) is 12.2 Å². The maximum Gasteiger partial charge on any atom is 0.193 e. The second kappa shape index (κ2) is 9.00. The summed E-state index contributed by atoms with van der Waals surface area (Å²) in [5, 5.41) is 3.13. The largest absolute Gasteiger partial charge is 0.490 e. The molecule has 0 fully saturated rings. The van der Waals surface area contributed by atoms with Crippen LogP contribution < -0.4 is 20.5 Å². The van der Waals surface area contributed by atoms with E-state index in [2.05, 4.69) is 22.5 Å². The van der Waals surface area contributed by atoms with Gasteiger partial charge in [0.2, 0.25) is 0 Å². The molecular formula is C17H24IN3O2. The molecule has 3 N–H and O–H groups in total. The summed E-state index contributed by atoms with van der Waals surface area (Å²) in [6.45, 7) is 2.14. The maximum atomic E-state index is 5.98. The summed E-state index contributed by atoms with van der Waals surface area (Å²) in [5.74, 6) is 2.60. The molecule has 0 bridgehead atoms. The first-order chi connectivity index (χ1) is 10.8. The lowest BCUT2D eigenvalue weighted by Crippen LogP contribution is -2.24. The molecule has 1 aliphatic heterocycles. The van der Waals surface area contributed by atoms with Gasteiger partial charge in [0, 0.05) is 24.7 Å². The van der Waals surface area contributed by atoms with Gasteiger partial charge in [-0.05, 0) is 37.3 Å². The monoisotopic (exact) mass is 429 g/mol. The molecule has 5 nitrogen and oxygen atoms in total. The highest BCUT2D eigenvalue weighted by Crippen LogP contribution is 2.32. The minimum absolute atomic E-state index is 0. The number of nitrogens with zero attached hydrogens (tertiary/aromatic N) is 1. The Morgan fingerprint density at radius 3 is 2.83 bits per heavy atom. The summed E-state index contributed by atoms with van der Waals surface area (Å²) in [7, 11) is 0. The van der Waals surface area contributed by atoms with Gasteiger partial charge in [0.05, 0.1) is 13.2 Å². The van der Waals surface area contributed by atoms with Crippen molar-refractivity contribution in [3.63, 3.8) is 0 Å². The normalized spacial score (nSPS) is 20.3. The molecule has 3 rings (SSSR count). The summed E-state index contributed by atoms with van der Waals surface area (Å²) in [6.07, 6.45) is 8.81. The molecule has 6 heteroatoms. The highest BCUT2D eigenvalue weighted by Gasteiger charge is 2.12. The third-order valence-corrected chi connectivity index (χ3v) is 3.92. The topological polar surface area (TPSA) is 68.9 Å². The molecule has 0 saturated carbocycles. The summed E-state index contributed by atoms with van der Waals surface area (Å²) < 4.78 is 11.3. The van der Waals surface area contributed by atoms with Crippen molar-refractivity contribution in [2.75, 3.05) is 25.1 Å². The molecule has 126 valence electrons. The molecule has 2 aliphatic rings. The highest BCUT2D eigenvalue weighted by atomic mass is 127. The highest BCUT2D eigenvalue weighted by molar-refractivity contribution is 14.0. The molecule has 1 heterocycles. The molecule has 0 amide bonds. The van der Waals surface area contributed by atoms with Crippen molar-refractivity contribution in [1.82, 2.24) is 0 Å². The van der Waals surface area contributed by atoms with Crippen LogP contribution in [0.1, 0.15) is 25.7 Å². The fraction of sp³-hybridized carbons (Fsp3) is 0.471. The molecule has 0 radical (unpaired) electrons. The number of hydrogen-bond donors (Lipinski definition) is 2. The Balaban J connectivity index is 0.00000192.